The first kappa shape index (κ1) is 37.5. The fourth-order valence-electron chi connectivity index (χ4n) is 4.73. The van der Waals surface area contributed by atoms with Gasteiger partial charge in [-0.15, -0.1) is 4.48 Å². The van der Waals surface area contributed by atoms with Crippen molar-refractivity contribution in [3.05, 3.63) is 68.5 Å². The number of nitro benzene ring substituents is 2. The van der Waals surface area contributed by atoms with Crippen molar-refractivity contribution in [1.82, 2.24) is 24.5 Å². The normalized spacial score (nSPS) is 17.0. The van der Waals surface area contributed by atoms with E-state index in [9.17, 15) is 49.6 Å². The van der Waals surface area contributed by atoms with Crippen molar-refractivity contribution in [2.24, 2.45) is 4.99 Å². The number of nitrogens with one attached hydrogen (secondary N) is 1. The molecule has 3 rings (SSSR count). The second-order valence-corrected chi connectivity index (χ2v) is 13.0. The third kappa shape index (κ3) is 8.91. The highest BCUT2D eigenvalue weighted by Crippen LogP contribution is 2.39. The van der Waals surface area contributed by atoms with Crippen molar-refractivity contribution in [1.29, 1.82) is 0 Å². The first-order valence-corrected chi connectivity index (χ1v) is 14.6. The number of hydrazine groups is 1. The summed E-state index contributed by atoms with van der Waals surface area (Å²) >= 11 is 0. The third-order valence-corrected chi connectivity index (χ3v) is 6.70. The standard InChI is InChI=1S/C29H36N8O12/c1-17(10-19-14-37(16-32-19,27(42)43)23-9-8-20(35(44)45)12-21(23)36(46)47)33(25(40)48-28(2,3)4)34(26(41)49-29(5,6)7)22(24(38)39)11-18-13-30-15-31-18/h8-9,12-17,22H,10-11H2,1-7H3,(H2-,30,31,38,39,42,43)/p+1/t17-,22+,37?/m1/s1. The third-order valence-electron chi connectivity index (χ3n) is 6.70. The number of aromatic nitrogens is 2. The Morgan fingerprint density at radius 1 is 0.959 bits per heavy atom. The zero-order valence-electron chi connectivity index (χ0n) is 27.7. The zero-order chi connectivity index (χ0) is 37.1. The number of aliphatic carboxylic acids is 1. The summed E-state index contributed by atoms with van der Waals surface area (Å²) in [6.07, 6.45) is -0.251. The minimum atomic E-state index is -1.76. The van der Waals surface area contributed by atoms with Gasteiger partial charge in [-0.3, -0.25) is 20.2 Å². The molecule has 264 valence electrons. The molecule has 1 aliphatic rings. The SMILES string of the molecule is C[C@H](CC1=C[N+](C(=O)O)(c2ccc([N+](=O)[O-])cc2[N+](=O)[O-])C=N1)N(C(=O)OC(C)(C)C)N(C(=O)OC(C)(C)C)[C@@H](Cc1cnc[nH]1)C(=O)O. The maximum atomic E-state index is 13.8. The average molecular weight is 690 g/mol. The van der Waals surface area contributed by atoms with Gasteiger partial charge in [0, 0.05) is 36.9 Å². The lowest BCUT2D eigenvalue weighted by Crippen LogP contribution is -2.62. The summed E-state index contributed by atoms with van der Waals surface area (Å²) in [5.74, 6) is -1.52. The highest BCUT2D eigenvalue weighted by Gasteiger charge is 2.48. The summed E-state index contributed by atoms with van der Waals surface area (Å²) in [5.41, 5.74) is -4.04. The van der Waals surface area contributed by atoms with E-state index < -0.39 is 78.9 Å². The summed E-state index contributed by atoms with van der Waals surface area (Å²) in [6, 6.07) is -0.515. The number of benzene rings is 1. The fourth-order valence-corrected chi connectivity index (χ4v) is 4.73. The highest BCUT2D eigenvalue weighted by molar-refractivity contribution is 6.03. The summed E-state index contributed by atoms with van der Waals surface area (Å²) in [7, 11) is 0. The minimum absolute atomic E-state index is 0.0549. The van der Waals surface area contributed by atoms with Gasteiger partial charge >= 0.3 is 29.9 Å². The van der Waals surface area contributed by atoms with Gasteiger partial charge in [-0.1, -0.05) is 0 Å². The molecule has 0 aliphatic carbocycles. The molecule has 1 aliphatic heterocycles. The Morgan fingerprint density at radius 3 is 2.02 bits per heavy atom. The number of aliphatic imine (C=N–C) groups is 1. The van der Waals surface area contributed by atoms with Gasteiger partial charge < -0.3 is 24.7 Å². The molecule has 3 atom stereocenters. The summed E-state index contributed by atoms with van der Waals surface area (Å²) in [5, 5.41) is 45.1. The van der Waals surface area contributed by atoms with Crippen LogP contribution in [0.25, 0.3) is 0 Å². The monoisotopic (exact) mass is 689 g/mol. The second-order valence-electron chi connectivity index (χ2n) is 13.0. The van der Waals surface area contributed by atoms with Crippen LogP contribution in [0, 0.1) is 20.2 Å². The number of non-ortho nitro benzene ring substituents is 1. The number of H-pyrrole nitrogens is 1. The van der Waals surface area contributed by atoms with Gasteiger partial charge in [-0.05, 0) is 48.5 Å². The van der Waals surface area contributed by atoms with Crippen LogP contribution >= 0.6 is 0 Å². The molecule has 0 radical (unpaired) electrons. The molecule has 1 aromatic heterocycles. The van der Waals surface area contributed by atoms with Crippen LogP contribution in [0.2, 0.25) is 0 Å². The van der Waals surface area contributed by atoms with E-state index in [0.717, 1.165) is 29.7 Å². The topological polar surface area (TPSA) is 261 Å². The molecule has 2 heterocycles. The Morgan fingerprint density at radius 2 is 1.55 bits per heavy atom. The van der Waals surface area contributed by atoms with Crippen LogP contribution in [-0.2, 0) is 20.7 Å². The van der Waals surface area contributed by atoms with Crippen LogP contribution in [0.15, 0.2) is 47.6 Å². The Balaban J connectivity index is 2.17. The quantitative estimate of drug-likeness (QED) is 0.169. The summed E-state index contributed by atoms with van der Waals surface area (Å²) in [4.78, 5) is 85.0. The van der Waals surface area contributed by atoms with Gasteiger partial charge in [0.05, 0.1) is 22.2 Å². The Labute approximate surface area is 279 Å². The number of nitrogens with zero attached hydrogens (tertiary/aromatic N) is 7. The van der Waals surface area contributed by atoms with Gasteiger partial charge in [0.25, 0.3) is 5.69 Å². The molecule has 20 nitrogen and oxygen atoms in total. The van der Waals surface area contributed by atoms with E-state index in [4.69, 9.17) is 9.47 Å². The number of imidazole rings is 1. The first-order chi connectivity index (χ1) is 22.6. The maximum Gasteiger partial charge on any atom is 0.529 e. The van der Waals surface area contributed by atoms with Gasteiger partial charge in [-0.25, -0.2) is 29.4 Å². The van der Waals surface area contributed by atoms with E-state index in [1.54, 1.807) is 20.8 Å². The van der Waals surface area contributed by atoms with E-state index in [1.807, 2.05) is 0 Å². The van der Waals surface area contributed by atoms with Crippen LogP contribution < -0.4 is 4.48 Å². The van der Waals surface area contributed by atoms with Crippen molar-refractivity contribution in [3.8, 4) is 0 Å². The number of carbonyl (C=O) groups excluding carboxylic acids is 2. The number of amides is 3. The summed E-state index contributed by atoms with van der Waals surface area (Å²) < 4.78 is 9.72. The van der Waals surface area contributed by atoms with E-state index in [0.29, 0.717) is 16.8 Å². The van der Waals surface area contributed by atoms with Crippen molar-refractivity contribution >= 4 is 47.6 Å². The predicted octanol–water partition coefficient (Wildman–Crippen LogP) is 4.96. The van der Waals surface area contributed by atoms with E-state index >= 15 is 0 Å². The molecule has 1 aromatic carbocycles. The Bertz CT molecular complexity index is 1690. The van der Waals surface area contributed by atoms with Crippen molar-refractivity contribution < 1.29 is 48.7 Å². The zero-order valence-corrected chi connectivity index (χ0v) is 27.7. The number of carbonyl (C=O) groups is 4. The number of carboxylic acid groups (broad SMARTS) is 2. The number of carboxylic acids is 1. The molecule has 49 heavy (non-hydrogen) atoms. The molecule has 0 fully saturated rings. The molecule has 0 spiro atoms. The molecule has 1 unspecified atom stereocenters. The summed E-state index contributed by atoms with van der Waals surface area (Å²) in [6.45, 7) is 10.7. The number of aromatic amines is 1. The van der Waals surface area contributed by atoms with Gasteiger partial charge in [-0.2, -0.15) is 9.80 Å². The average Bonchev–Trinajstić information content (AvgIpc) is 3.63. The number of ether oxygens (including phenoxy) is 2. The molecule has 20 heteroatoms. The molecule has 0 saturated heterocycles. The number of rotatable bonds is 10. The Kier molecular flexibility index (Phi) is 10.8. The maximum absolute atomic E-state index is 13.8. The van der Waals surface area contributed by atoms with Crippen LogP contribution in [0.3, 0.4) is 0 Å². The number of nitro groups is 2. The van der Waals surface area contributed by atoms with Gasteiger partial charge in [0.15, 0.2) is 6.04 Å². The number of hydrogen-bond acceptors (Lipinski definition) is 12. The molecule has 2 aromatic rings. The van der Waals surface area contributed by atoms with Gasteiger partial charge in [0.1, 0.15) is 29.2 Å². The van der Waals surface area contributed by atoms with Crippen molar-refractivity contribution in [2.45, 2.75) is 84.6 Å². The van der Waals surface area contributed by atoms with Gasteiger partial charge in [0.2, 0.25) is 12.0 Å². The van der Waals surface area contributed by atoms with Crippen LogP contribution in [0.4, 0.5) is 31.4 Å². The van der Waals surface area contributed by atoms with Crippen LogP contribution in [0.1, 0.15) is 60.6 Å². The molecule has 3 N–H and O–H groups in total. The Hall–Kier alpha value is -5.92. The molecule has 3 amide bonds. The molecule has 0 bridgehead atoms. The lowest BCUT2D eigenvalue weighted by molar-refractivity contribution is -0.393. The molecular formula is C29H37N8O12+. The van der Waals surface area contributed by atoms with E-state index in [-0.39, 0.29) is 18.5 Å². The predicted molar refractivity (Wildman–Crippen MR) is 170 cm³/mol. The number of hydrogen-bond donors (Lipinski definition) is 3. The van der Waals surface area contributed by atoms with E-state index in [1.165, 1.54) is 40.2 Å². The van der Waals surface area contributed by atoms with Crippen molar-refractivity contribution in [2.75, 3.05) is 0 Å². The highest BCUT2D eigenvalue weighted by atomic mass is 16.6. The molecule has 0 saturated carbocycles. The minimum Gasteiger partial charge on any atom is -0.480 e. The lowest BCUT2D eigenvalue weighted by Gasteiger charge is -2.42. The number of quaternary nitrogens is 1. The lowest BCUT2D eigenvalue weighted by atomic mass is 10.1. The van der Waals surface area contributed by atoms with Crippen LogP contribution in [-0.4, -0.2) is 93.9 Å². The van der Waals surface area contributed by atoms with Crippen molar-refractivity contribution in [3.63, 3.8) is 0 Å². The smallest absolute Gasteiger partial charge is 0.480 e. The molecular weight excluding hydrogens is 652 g/mol. The second kappa shape index (κ2) is 14.1. The van der Waals surface area contributed by atoms with E-state index in [2.05, 4.69) is 15.0 Å². The fraction of sp³-hybridized carbons (Fsp3) is 0.448. The van der Waals surface area contributed by atoms with Crippen LogP contribution in [0.5, 0.6) is 0 Å². The largest absolute Gasteiger partial charge is 0.529 e. The first-order valence-electron chi connectivity index (χ1n) is 14.6.